The van der Waals surface area contributed by atoms with Crippen molar-refractivity contribution in [2.24, 2.45) is 11.7 Å². The van der Waals surface area contributed by atoms with Gasteiger partial charge in [0.15, 0.2) is 0 Å². The van der Waals surface area contributed by atoms with Gasteiger partial charge in [0.1, 0.15) is 0 Å². The minimum atomic E-state index is -0.352. The quantitative estimate of drug-likeness (QED) is 0.805. The molecule has 1 fully saturated rings. The molecule has 3 heteroatoms. The topological polar surface area (TPSA) is 55.5 Å². The number of rotatable bonds is 7. The summed E-state index contributed by atoms with van der Waals surface area (Å²) in [4.78, 5) is 0. The van der Waals surface area contributed by atoms with Gasteiger partial charge >= 0.3 is 0 Å². The summed E-state index contributed by atoms with van der Waals surface area (Å²) in [5.41, 5.74) is 8.25. The molecule has 1 saturated carbocycles. The van der Waals surface area contributed by atoms with Crippen LogP contribution in [-0.2, 0) is 4.74 Å². The Kier molecular flexibility index (Phi) is 5.58. The second-order valence-electron chi connectivity index (χ2n) is 5.97. The van der Waals surface area contributed by atoms with Crippen molar-refractivity contribution in [3.63, 3.8) is 0 Å². The minimum absolute atomic E-state index is 0.0426. The fraction of sp³-hybridized carbons (Fsp3) is 0.647. The molecule has 0 saturated heterocycles. The number of hydrogen-bond acceptors (Lipinski definition) is 3. The Bertz CT molecular complexity index is 415. The molecular formula is C17H27NO2. The summed E-state index contributed by atoms with van der Waals surface area (Å²) < 4.78 is 5.57. The maximum Gasteiger partial charge on any atom is 0.0623 e. The standard InChI is InChI=1S/C17H27NO2/c1-3-20-15-8-13(9-15)10-17(19)16(11-18)14-6-4-5-12(2)7-14/h4-7,13,15-17,19H,3,8-11,18H2,1-2H3. The molecule has 20 heavy (non-hydrogen) atoms. The van der Waals surface area contributed by atoms with Crippen LogP contribution in [0.2, 0.25) is 0 Å². The van der Waals surface area contributed by atoms with E-state index < -0.39 is 0 Å². The van der Waals surface area contributed by atoms with Crippen LogP contribution in [0.1, 0.15) is 43.2 Å². The Morgan fingerprint density at radius 3 is 2.75 bits per heavy atom. The lowest BCUT2D eigenvalue weighted by Crippen LogP contribution is -2.36. The third-order valence-electron chi connectivity index (χ3n) is 4.36. The van der Waals surface area contributed by atoms with Crippen LogP contribution in [-0.4, -0.2) is 30.5 Å². The Labute approximate surface area is 122 Å². The average molecular weight is 277 g/mol. The monoisotopic (exact) mass is 277 g/mol. The van der Waals surface area contributed by atoms with Gasteiger partial charge in [-0.05, 0) is 44.6 Å². The number of aliphatic hydroxyl groups is 1. The summed E-state index contributed by atoms with van der Waals surface area (Å²) in [6.45, 7) is 5.38. The van der Waals surface area contributed by atoms with E-state index in [9.17, 15) is 5.11 Å². The summed E-state index contributed by atoms with van der Waals surface area (Å²) in [6.07, 6.45) is 3.05. The summed E-state index contributed by atoms with van der Waals surface area (Å²) in [5, 5.41) is 10.5. The van der Waals surface area contributed by atoms with Crippen molar-refractivity contribution in [2.75, 3.05) is 13.2 Å². The van der Waals surface area contributed by atoms with Crippen LogP contribution in [0.25, 0.3) is 0 Å². The second-order valence-corrected chi connectivity index (χ2v) is 5.97. The van der Waals surface area contributed by atoms with Gasteiger partial charge in [-0.2, -0.15) is 0 Å². The van der Waals surface area contributed by atoms with E-state index in [4.69, 9.17) is 10.5 Å². The predicted molar refractivity (Wildman–Crippen MR) is 81.7 cm³/mol. The zero-order chi connectivity index (χ0) is 14.5. The average Bonchev–Trinajstić information content (AvgIpc) is 2.37. The van der Waals surface area contributed by atoms with Gasteiger partial charge in [-0.3, -0.25) is 0 Å². The van der Waals surface area contributed by atoms with E-state index in [2.05, 4.69) is 25.1 Å². The zero-order valence-corrected chi connectivity index (χ0v) is 12.6. The smallest absolute Gasteiger partial charge is 0.0623 e. The summed E-state index contributed by atoms with van der Waals surface area (Å²) in [7, 11) is 0. The van der Waals surface area contributed by atoms with E-state index in [0.29, 0.717) is 18.6 Å². The van der Waals surface area contributed by atoms with Crippen LogP contribution in [0.3, 0.4) is 0 Å². The highest BCUT2D eigenvalue weighted by atomic mass is 16.5. The number of nitrogens with two attached hydrogens (primary N) is 1. The molecule has 0 bridgehead atoms. The van der Waals surface area contributed by atoms with Crippen molar-refractivity contribution in [3.05, 3.63) is 35.4 Å². The summed E-state index contributed by atoms with van der Waals surface area (Å²) >= 11 is 0. The first-order valence-electron chi connectivity index (χ1n) is 7.70. The maximum absolute atomic E-state index is 10.5. The van der Waals surface area contributed by atoms with Crippen LogP contribution < -0.4 is 5.73 Å². The second kappa shape index (κ2) is 7.21. The van der Waals surface area contributed by atoms with Crippen LogP contribution in [0.5, 0.6) is 0 Å². The molecule has 2 atom stereocenters. The molecule has 1 aliphatic carbocycles. The zero-order valence-electron chi connectivity index (χ0n) is 12.6. The van der Waals surface area contributed by atoms with Crippen molar-refractivity contribution < 1.29 is 9.84 Å². The molecule has 0 aromatic heterocycles. The highest BCUT2D eigenvalue weighted by molar-refractivity contribution is 5.26. The molecule has 112 valence electrons. The Morgan fingerprint density at radius 1 is 1.40 bits per heavy atom. The van der Waals surface area contributed by atoms with Gasteiger partial charge in [-0.1, -0.05) is 29.8 Å². The highest BCUT2D eigenvalue weighted by Crippen LogP contribution is 2.36. The molecule has 3 nitrogen and oxygen atoms in total. The van der Waals surface area contributed by atoms with Gasteiger partial charge in [0, 0.05) is 19.1 Å². The fourth-order valence-corrected chi connectivity index (χ4v) is 3.16. The van der Waals surface area contributed by atoms with Gasteiger partial charge < -0.3 is 15.6 Å². The highest BCUT2D eigenvalue weighted by Gasteiger charge is 2.33. The van der Waals surface area contributed by atoms with Crippen molar-refractivity contribution in [3.8, 4) is 0 Å². The Hall–Kier alpha value is -0.900. The molecule has 1 aliphatic rings. The Balaban J connectivity index is 1.88. The lowest BCUT2D eigenvalue weighted by Gasteiger charge is -2.37. The van der Waals surface area contributed by atoms with E-state index in [0.717, 1.165) is 31.4 Å². The molecule has 2 unspecified atom stereocenters. The molecule has 0 spiro atoms. The normalized spacial score (nSPS) is 25.0. The van der Waals surface area contributed by atoms with Crippen LogP contribution in [0.4, 0.5) is 0 Å². The van der Waals surface area contributed by atoms with Crippen molar-refractivity contribution in [2.45, 2.75) is 51.2 Å². The van der Waals surface area contributed by atoms with E-state index >= 15 is 0 Å². The Morgan fingerprint density at radius 2 is 2.15 bits per heavy atom. The molecule has 0 radical (unpaired) electrons. The molecule has 1 aromatic carbocycles. The first-order chi connectivity index (χ1) is 9.63. The van der Waals surface area contributed by atoms with Crippen LogP contribution >= 0.6 is 0 Å². The fourth-order valence-electron chi connectivity index (χ4n) is 3.16. The molecule has 3 N–H and O–H groups in total. The largest absolute Gasteiger partial charge is 0.392 e. The van der Waals surface area contributed by atoms with E-state index in [1.165, 1.54) is 5.56 Å². The number of benzene rings is 1. The van der Waals surface area contributed by atoms with Crippen molar-refractivity contribution in [1.29, 1.82) is 0 Å². The number of aryl methyl sites for hydroxylation is 1. The van der Waals surface area contributed by atoms with Gasteiger partial charge in [-0.25, -0.2) is 0 Å². The summed E-state index contributed by atoms with van der Waals surface area (Å²) in [5.74, 6) is 0.626. The minimum Gasteiger partial charge on any atom is -0.392 e. The third-order valence-corrected chi connectivity index (χ3v) is 4.36. The van der Waals surface area contributed by atoms with E-state index in [1.54, 1.807) is 0 Å². The first-order valence-corrected chi connectivity index (χ1v) is 7.70. The van der Waals surface area contributed by atoms with Crippen LogP contribution in [0, 0.1) is 12.8 Å². The van der Waals surface area contributed by atoms with Crippen molar-refractivity contribution in [1.82, 2.24) is 0 Å². The van der Waals surface area contributed by atoms with Crippen LogP contribution in [0.15, 0.2) is 24.3 Å². The first kappa shape index (κ1) is 15.5. The molecular weight excluding hydrogens is 250 g/mol. The van der Waals surface area contributed by atoms with E-state index in [1.807, 2.05) is 13.0 Å². The molecule has 2 rings (SSSR count). The van der Waals surface area contributed by atoms with Gasteiger partial charge in [0.05, 0.1) is 12.2 Å². The van der Waals surface area contributed by atoms with Gasteiger partial charge in [-0.15, -0.1) is 0 Å². The van der Waals surface area contributed by atoms with Gasteiger partial charge in [0.2, 0.25) is 0 Å². The SMILES string of the molecule is CCOC1CC(CC(O)C(CN)c2cccc(C)c2)C1. The number of hydrogen-bond donors (Lipinski definition) is 2. The maximum atomic E-state index is 10.5. The molecule has 0 heterocycles. The molecule has 1 aromatic rings. The van der Waals surface area contributed by atoms with Crippen molar-refractivity contribution >= 4 is 0 Å². The summed E-state index contributed by atoms with van der Waals surface area (Å²) in [6, 6.07) is 8.30. The number of ether oxygens (including phenoxy) is 1. The third kappa shape index (κ3) is 3.81. The lowest BCUT2D eigenvalue weighted by molar-refractivity contribution is -0.0398. The van der Waals surface area contributed by atoms with E-state index in [-0.39, 0.29) is 12.0 Å². The lowest BCUT2D eigenvalue weighted by atomic mass is 9.76. The predicted octanol–water partition coefficient (Wildman–Crippen LogP) is 2.60. The molecule has 0 aliphatic heterocycles. The number of aliphatic hydroxyl groups excluding tert-OH is 1. The molecule has 0 amide bonds. The van der Waals surface area contributed by atoms with Gasteiger partial charge in [0.25, 0.3) is 0 Å².